The van der Waals surface area contributed by atoms with Crippen LogP contribution in [-0.2, 0) is 22.7 Å². The second-order valence-electron chi connectivity index (χ2n) is 5.98. The maximum Gasteiger partial charge on any atom is 0.224 e. The van der Waals surface area contributed by atoms with E-state index in [1.54, 1.807) is 6.26 Å². The third-order valence-corrected chi connectivity index (χ3v) is 3.81. The number of ether oxygens (including phenoxy) is 1. The Morgan fingerprint density at radius 1 is 1.08 bits per heavy atom. The van der Waals surface area contributed by atoms with Gasteiger partial charge in [0.2, 0.25) is 5.91 Å². The van der Waals surface area contributed by atoms with E-state index >= 15 is 0 Å². The molecule has 0 aliphatic carbocycles. The van der Waals surface area contributed by atoms with Crippen molar-refractivity contribution in [3.63, 3.8) is 0 Å². The Bertz CT molecular complexity index is 593. The van der Waals surface area contributed by atoms with Crippen LogP contribution in [0.2, 0.25) is 0 Å². The lowest BCUT2D eigenvalue weighted by Crippen LogP contribution is -2.11. The van der Waals surface area contributed by atoms with Gasteiger partial charge in [0.25, 0.3) is 0 Å². The van der Waals surface area contributed by atoms with Crippen LogP contribution in [0.15, 0.2) is 47.1 Å². The van der Waals surface area contributed by atoms with Crippen LogP contribution in [0.3, 0.4) is 0 Å². The summed E-state index contributed by atoms with van der Waals surface area (Å²) in [4.78, 5) is 12.0. The van der Waals surface area contributed by atoms with Crippen LogP contribution < -0.4 is 5.32 Å². The molecule has 2 rings (SSSR count). The fraction of sp³-hybridized carbons (Fsp3) is 0.450. The van der Waals surface area contributed by atoms with Crippen LogP contribution in [0, 0.1) is 0 Å². The molecule has 1 N–H and O–H groups in total. The molecule has 0 radical (unpaired) electrons. The minimum absolute atomic E-state index is 0.0835. The van der Waals surface area contributed by atoms with Gasteiger partial charge in [0, 0.05) is 12.1 Å². The van der Waals surface area contributed by atoms with Crippen molar-refractivity contribution >= 4 is 11.6 Å². The molecule has 1 aromatic carbocycles. The molecule has 0 aliphatic rings. The number of hydrogen-bond donors (Lipinski definition) is 1. The Morgan fingerprint density at radius 2 is 1.96 bits per heavy atom. The maximum atomic E-state index is 12.0. The molecule has 0 unspecified atom stereocenters. The second-order valence-corrected chi connectivity index (χ2v) is 5.98. The number of furan rings is 1. The molecule has 24 heavy (non-hydrogen) atoms. The zero-order valence-electron chi connectivity index (χ0n) is 14.4. The van der Waals surface area contributed by atoms with E-state index in [0.717, 1.165) is 29.9 Å². The van der Waals surface area contributed by atoms with Crippen molar-refractivity contribution in [2.24, 2.45) is 0 Å². The highest BCUT2D eigenvalue weighted by Gasteiger charge is 2.04. The van der Waals surface area contributed by atoms with E-state index in [9.17, 15) is 4.79 Å². The van der Waals surface area contributed by atoms with Gasteiger partial charge in [0.15, 0.2) is 0 Å². The van der Waals surface area contributed by atoms with Crippen molar-refractivity contribution < 1.29 is 13.9 Å². The van der Waals surface area contributed by atoms with Crippen LogP contribution >= 0.6 is 0 Å². The van der Waals surface area contributed by atoms with E-state index in [0.29, 0.717) is 19.6 Å². The van der Waals surface area contributed by atoms with Crippen molar-refractivity contribution in [3.8, 4) is 0 Å². The second kappa shape index (κ2) is 10.7. The topological polar surface area (TPSA) is 51.5 Å². The highest BCUT2D eigenvalue weighted by Crippen LogP contribution is 2.14. The molecular formula is C20H27NO3. The quantitative estimate of drug-likeness (QED) is 0.569. The van der Waals surface area contributed by atoms with Crippen molar-refractivity contribution in [1.82, 2.24) is 0 Å². The number of carbonyl (C=O) groups excluding carboxylic acids is 1. The molecular weight excluding hydrogens is 302 g/mol. The number of carbonyl (C=O) groups is 1. The van der Waals surface area contributed by atoms with E-state index in [2.05, 4.69) is 12.2 Å². The number of hydrogen-bond acceptors (Lipinski definition) is 3. The summed E-state index contributed by atoms with van der Waals surface area (Å²) >= 11 is 0. The van der Waals surface area contributed by atoms with Gasteiger partial charge in [-0.05, 0) is 36.2 Å². The van der Waals surface area contributed by atoms with Crippen LogP contribution in [-0.4, -0.2) is 5.91 Å². The lowest BCUT2D eigenvalue weighted by Gasteiger charge is -2.08. The largest absolute Gasteiger partial charge is 0.467 e. The number of anilines is 1. The van der Waals surface area contributed by atoms with Gasteiger partial charge in [-0.2, -0.15) is 0 Å². The van der Waals surface area contributed by atoms with Gasteiger partial charge in [-0.25, -0.2) is 0 Å². The SMILES string of the molecule is CCCCCCCC(=O)Nc1cccc(COCc2ccco2)c1. The first-order valence-electron chi connectivity index (χ1n) is 8.77. The smallest absolute Gasteiger partial charge is 0.224 e. The summed E-state index contributed by atoms with van der Waals surface area (Å²) in [5.41, 5.74) is 1.86. The Labute approximate surface area is 144 Å². The fourth-order valence-corrected chi connectivity index (χ4v) is 2.52. The lowest BCUT2D eigenvalue weighted by atomic mass is 10.1. The highest BCUT2D eigenvalue weighted by molar-refractivity contribution is 5.90. The first kappa shape index (κ1) is 18.3. The molecule has 4 nitrogen and oxygen atoms in total. The van der Waals surface area contributed by atoms with E-state index in [1.165, 1.54) is 19.3 Å². The van der Waals surface area contributed by atoms with Crippen molar-refractivity contribution in [2.45, 2.75) is 58.7 Å². The van der Waals surface area contributed by atoms with Gasteiger partial charge in [-0.3, -0.25) is 4.79 Å². The Kier molecular flexibility index (Phi) is 8.11. The summed E-state index contributed by atoms with van der Waals surface area (Å²) in [6, 6.07) is 11.5. The first-order chi connectivity index (χ1) is 11.8. The molecule has 1 amide bonds. The minimum atomic E-state index is 0.0835. The number of benzene rings is 1. The zero-order valence-corrected chi connectivity index (χ0v) is 14.4. The summed E-state index contributed by atoms with van der Waals surface area (Å²) in [6.45, 7) is 3.13. The number of unbranched alkanes of at least 4 members (excludes halogenated alkanes) is 4. The third-order valence-electron chi connectivity index (χ3n) is 3.81. The van der Waals surface area contributed by atoms with E-state index < -0.39 is 0 Å². The van der Waals surface area contributed by atoms with Gasteiger partial charge in [0.1, 0.15) is 12.4 Å². The molecule has 4 heteroatoms. The van der Waals surface area contributed by atoms with E-state index in [-0.39, 0.29) is 5.91 Å². The summed E-state index contributed by atoms with van der Waals surface area (Å²) in [5, 5.41) is 2.96. The number of rotatable bonds is 11. The molecule has 0 saturated carbocycles. The van der Waals surface area contributed by atoms with Crippen molar-refractivity contribution in [1.29, 1.82) is 0 Å². The standard InChI is InChI=1S/C20H27NO3/c1-2-3-4-5-6-12-20(22)21-18-10-7-9-17(14-18)15-23-16-19-11-8-13-24-19/h7-11,13-14H,2-6,12,15-16H2,1H3,(H,21,22). The predicted molar refractivity (Wildman–Crippen MR) is 95.6 cm³/mol. The predicted octanol–water partition coefficient (Wildman–Crippen LogP) is 5.30. The van der Waals surface area contributed by atoms with Gasteiger partial charge >= 0.3 is 0 Å². The van der Waals surface area contributed by atoms with Crippen LogP contribution in [0.1, 0.15) is 56.8 Å². The van der Waals surface area contributed by atoms with Crippen molar-refractivity contribution in [2.75, 3.05) is 5.32 Å². The van der Waals surface area contributed by atoms with Crippen LogP contribution in [0.4, 0.5) is 5.69 Å². The summed E-state index contributed by atoms with van der Waals surface area (Å²) in [5.74, 6) is 0.891. The number of amides is 1. The Balaban J connectivity index is 1.70. The minimum Gasteiger partial charge on any atom is -0.467 e. The first-order valence-corrected chi connectivity index (χ1v) is 8.77. The average molecular weight is 329 g/mol. The van der Waals surface area contributed by atoms with E-state index in [1.807, 2.05) is 36.4 Å². The molecule has 0 bridgehead atoms. The summed E-state index contributed by atoms with van der Waals surface area (Å²) < 4.78 is 10.8. The molecule has 0 aliphatic heterocycles. The number of nitrogens with one attached hydrogen (secondary N) is 1. The Morgan fingerprint density at radius 3 is 2.75 bits per heavy atom. The zero-order chi connectivity index (χ0) is 17.0. The van der Waals surface area contributed by atoms with Gasteiger partial charge in [0.05, 0.1) is 12.9 Å². The summed E-state index contributed by atoms with van der Waals surface area (Å²) in [7, 11) is 0. The van der Waals surface area contributed by atoms with Gasteiger partial charge < -0.3 is 14.5 Å². The van der Waals surface area contributed by atoms with Crippen LogP contribution in [0.5, 0.6) is 0 Å². The molecule has 0 fully saturated rings. The molecule has 1 heterocycles. The highest BCUT2D eigenvalue weighted by atomic mass is 16.5. The Hall–Kier alpha value is -2.07. The third kappa shape index (κ3) is 7.01. The molecule has 2 aromatic rings. The maximum absolute atomic E-state index is 12.0. The molecule has 0 atom stereocenters. The van der Waals surface area contributed by atoms with E-state index in [4.69, 9.17) is 9.15 Å². The molecule has 0 saturated heterocycles. The van der Waals surface area contributed by atoms with Crippen molar-refractivity contribution in [3.05, 3.63) is 54.0 Å². The van der Waals surface area contributed by atoms with Crippen LogP contribution in [0.25, 0.3) is 0 Å². The lowest BCUT2D eigenvalue weighted by molar-refractivity contribution is -0.116. The molecule has 130 valence electrons. The monoisotopic (exact) mass is 329 g/mol. The normalized spacial score (nSPS) is 10.7. The van der Waals surface area contributed by atoms with Gasteiger partial charge in [-0.15, -0.1) is 0 Å². The molecule has 0 spiro atoms. The van der Waals surface area contributed by atoms with Gasteiger partial charge in [-0.1, -0.05) is 44.7 Å². The fourth-order valence-electron chi connectivity index (χ4n) is 2.52. The molecule has 1 aromatic heterocycles. The average Bonchev–Trinajstić information content (AvgIpc) is 3.08. The summed E-state index contributed by atoms with van der Waals surface area (Å²) in [6.07, 6.45) is 7.99.